The van der Waals surface area contributed by atoms with Gasteiger partial charge in [0.25, 0.3) is 0 Å². The molecule has 1 unspecified atom stereocenters. The number of benzene rings is 2. The number of aromatic nitrogens is 1. The highest BCUT2D eigenvalue weighted by Crippen LogP contribution is 2.18. The Kier molecular flexibility index (Phi) is 10.2. The van der Waals surface area contributed by atoms with Gasteiger partial charge in [0.05, 0.1) is 11.2 Å². The normalized spacial score (nSPS) is 12.9. The summed E-state index contributed by atoms with van der Waals surface area (Å²) >= 11 is 2.75. The van der Waals surface area contributed by atoms with Gasteiger partial charge in [0.2, 0.25) is 5.91 Å². The SMILES string of the molecule is C/C=C\C(=C/c1cscn1)N(C)C(=O)C(Cc1cc(F)cc(F)c1)NSN(C)Cc1ccccc1. The molecule has 0 saturated heterocycles. The van der Waals surface area contributed by atoms with Crippen LogP contribution in [0.4, 0.5) is 8.78 Å². The Hall–Kier alpha value is -2.85. The third kappa shape index (κ3) is 8.40. The molecular formula is C26H28F2N4OS2. The molecule has 0 aliphatic rings. The van der Waals surface area contributed by atoms with Crippen LogP contribution in [0.15, 0.2) is 77.3 Å². The zero-order valence-electron chi connectivity index (χ0n) is 19.8. The van der Waals surface area contributed by atoms with Gasteiger partial charge in [-0.05, 0) is 55.8 Å². The van der Waals surface area contributed by atoms with Crippen molar-refractivity contribution in [2.45, 2.75) is 25.9 Å². The second-order valence-corrected chi connectivity index (χ2v) is 9.66. The van der Waals surface area contributed by atoms with Crippen molar-refractivity contribution in [3.8, 4) is 0 Å². The fraction of sp³-hybridized carbons (Fsp3) is 0.231. The quantitative estimate of drug-likeness (QED) is 0.263. The molecule has 3 rings (SSSR count). The molecule has 2 aromatic carbocycles. The van der Waals surface area contributed by atoms with Crippen LogP contribution in [0.2, 0.25) is 0 Å². The lowest BCUT2D eigenvalue weighted by atomic mass is 10.0. The topological polar surface area (TPSA) is 48.5 Å². The summed E-state index contributed by atoms with van der Waals surface area (Å²) in [6.45, 7) is 2.52. The van der Waals surface area contributed by atoms with Crippen molar-refractivity contribution < 1.29 is 13.6 Å². The highest BCUT2D eigenvalue weighted by molar-refractivity contribution is 7.95. The van der Waals surface area contributed by atoms with Gasteiger partial charge in [-0.3, -0.25) is 4.79 Å². The number of nitrogens with zero attached hydrogens (tertiary/aromatic N) is 3. The highest BCUT2D eigenvalue weighted by Gasteiger charge is 2.25. The Bertz CT molecular complexity index is 1130. The minimum atomic E-state index is -0.742. The van der Waals surface area contributed by atoms with Crippen molar-refractivity contribution in [1.29, 1.82) is 0 Å². The average molecular weight is 515 g/mol. The smallest absolute Gasteiger partial charge is 0.245 e. The van der Waals surface area contributed by atoms with Crippen LogP contribution in [-0.4, -0.2) is 40.2 Å². The first kappa shape index (κ1) is 26.7. The fourth-order valence-corrected chi connectivity index (χ4v) is 4.62. The number of carbonyl (C=O) groups excluding carboxylic acids is 1. The Morgan fingerprint density at radius 2 is 1.86 bits per heavy atom. The summed E-state index contributed by atoms with van der Waals surface area (Å²) in [6, 6.07) is 12.5. The second kappa shape index (κ2) is 13.3. The number of hydrogen-bond acceptors (Lipinski definition) is 6. The van der Waals surface area contributed by atoms with Gasteiger partial charge in [-0.1, -0.05) is 36.4 Å². The van der Waals surface area contributed by atoms with E-state index in [0.29, 0.717) is 17.8 Å². The number of nitrogens with one attached hydrogen (secondary N) is 1. The number of hydrogen-bond donors (Lipinski definition) is 1. The van der Waals surface area contributed by atoms with Gasteiger partial charge in [0, 0.05) is 42.9 Å². The van der Waals surface area contributed by atoms with Crippen LogP contribution in [-0.2, 0) is 17.8 Å². The van der Waals surface area contributed by atoms with Crippen LogP contribution in [0.5, 0.6) is 0 Å². The molecular weight excluding hydrogens is 486 g/mol. The summed E-state index contributed by atoms with van der Waals surface area (Å²) in [6.07, 6.45) is 5.60. The lowest BCUT2D eigenvalue weighted by Crippen LogP contribution is -2.44. The predicted octanol–water partition coefficient (Wildman–Crippen LogP) is 5.69. The molecule has 0 aliphatic carbocycles. The van der Waals surface area contributed by atoms with Crippen LogP contribution in [0.3, 0.4) is 0 Å². The van der Waals surface area contributed by atoms with Crippen LogP contribution >= 0.6 is 23.5 Å². The molecule has 0 saturated carbocycles. The second-order valence-electron chi connectivity index (χ2n) is 7.89. The molecule has 35 heavy (non-hydrogen) atoms. The minimum Gasteiger partial charge on any atom is -0.314 e. The van der Waals surface area contributed by atoms with Gasteiger partial charge in [0.15, 0.2) is 0 Å². The highest BCUT2D eigenvalue weighted by atomic mass is 32.2. The van der Waals surface area contributed by atoms with Crippen molar-refractivity contribution in [2.24, 2.45) is 0 Å². The number of halogens is 2. The molecule has 184 valence electrons. The zero-order valence-corrected chi connectivity index (χ0v) is 21.5. The number of rotatable bonds is 11. The van der Waals surface area contributed by atoms with Gasteiger partial charge in [-0.2, -0.15) is 0 Å². The first-order valence-corrected chi connectivity index (χ1v) is 12.7. The van der Waals surface area contributed by atoms with E-state index in [-0.39, 0.29) is 12.3 Å². The lowest BCUT2D eigenvalue weighted by Gasteiger charge is -2.27. The Labute approximate surface area is 213 Å². The molecule has 1 aromatic heterocycles. The van der Waals surface area contributed by atoms with Crippen molar-refractivity contribution in [3.05, 3.63) is 106 Å². The Morgan fingerprint density at radius 3 is 2.49 bits per heavy atom. The third-order valence-electron chi connectivity index (χ3n) is 5.06. The van der Waals surface area contributed by atoms with Crippen molar-refractivity contribution >= 4 is 35.5 Å². The van der Waals surface area contributed by atoms with Gasteiger partial charge in [-0.25, -0.2) is 22.8 Å². The van der Waals surface area contributed by atoms with Crippen LogP contribution < -0.4 is 4.72 Å². The molecule has 0 radical (unpaired) electrons. The average Bonchev–Trinajstić information content (AvgIpc) is 3.34. The third-order valence-corrected chi connectivity index (χ3v) is 6.50. The van der Waals surface area contributed by atoms with E-state index >= 15 is 0 Å². The van der Waals surface area contributed by atoms with Crippen LogP contribution in [0.25, 0.3) is 6.08 Å². The summed E-state index contributed by atoms with van der Waals surface area (Å²) in [5, 5.41) is 1.89. The molecule has 0 aliphatic heterocycles. The summed E-state index contributed by atoms with van der Waals surface area (Å²) < 4.78 is 32.8. The molecule has 5 nitrogen and oxygen atoms in total. The molecule has 9 heteroatoms. The Balaban J connectivity index is 1.80. The van der Waals surface area contributed by atoms with E-state index in [0.717, 1.165) is 17.3 Å². The summed E-state index contributed by atoms with van der Waals surface area (Å²) in [5.74, 6) is -1.59. The molecule has 3 aromatic rings. The number of amides is 1. The van der Waals surface area contributed by atoms with E-state index in [2.05, 4.69) is 9.71 Å². The van der Waals surface area contributed by atoms with Gasteiger partial charge in [0.1, 0.15) is 17.7 Å². The van der Waals surface area contributed by atoms with E-state index in [1.54, 1.807) is 12.6 Å². The first-order valence-electron chi connectivity index (χ1n) is 11.0. The van der Waals surface area contributed by atoms with Gasteiger partial charge in [-0.15, -0.1) is 11.3 Å². The van der Waals surface area contributed by atoms with Gasteiger partial charge >= 0.3 is 0 Å². The van der Waals surface area contributed by atoms with E-state index in [9.17, 15) is 13.6 Å². The number of likely N-dealkylation sites (N-methyl/N-ethyl adjacent to an activating group) is 1. The molecule has 0 bridgehead atoms. The lowest BCUT2D eigenvalue weighted by molar-refractivity contribution is -0.129. The number of thiazole rings is 1. The molecule has 0 fully saturated rings. The van der Waals surface area contributed by atoms with Crippen molar-refractivity contribution in [1.82, 2.24) is 18.9 Å². The van der Waals surface area contributed by atoms with E-state index < -0.39 is 17.7 Å². The predicted molar refractivity (Wildman–Crippen MR) is 140 cm³/mol. The maximum atomic E-state index is 13.8. The van der Waals surface area contributed by atoms with E-state index in [1.807, 2.05) is 72.2 Å². The molecule has 1 heterocycles. The fourth-order valence-electron chi connectivity index (χ4n) is 3.40. The zero-order chi connectivity index (χ0) is 25.2. The molecule has 1 amide bonds. The summed E-state index contributed by atoms with van der Waals surface area (Å²) in [7, 11) is 3.59. The van der Waals surface area contributed by atoms with Crippen LogP contribution in [0.1, 0.15) is 23.7 Å². The summed E-state index contributed by atoms with van der Waals surface area (Å²) in [4.78, 5) is 19.4. The minimum absolute atomic E-state index is 0.115. The van der Waals surface area contributed by atoms with E-state index in [1.165, 1.54) is 40.5 Å². The van der Waals surface area contributed by atoms with Crippen molar-refractivity contribution in [3.63, 3.8) is 0 Å². The first-order chi connectivity index (χ1) is 16.9. The summed E-state index contributed by atoms with van der Waals surface area (Å²) in [5.41, 5.74) is 4.64. The molecule has 1 atom stereocenters. The van der Waals surface area contributed by atoms with Crippen molar-refractivity contribution in [2.75, 3.05) is 14.1 Å². The number of allylic oxidation sites excluding steroid dienone is 2. The molecule has 1 N–H and O–H groups in total. The van der Waals surface area contributed by atoms with Gasteiger partial charge < -0.3 is 4.90 Å². The standard InChI is InChI=1S/C26H28F2N4OS2/c1-4-8-24(15-23-17-34-18-29-23)32(3)26(33)25(13-20-11-21(27)14-22(28)12-20)30-35-31(2)16-19-9-6-5-7-10-19/h4-12,14-15,17-18,25,30H,13,16H2,1-3H3/b8-4-,24-15+. The Morgan fingerprint density at radius 1 is 1.14 bits per heavy atom. The monoisotopic (exact) mass is 514 g/mol. The van der Waals surface area contributed by atoms with E-state index in [4.69, 9.17) is 0 Å². The maximum Gasteiger partial charge on any atom is 0.245 e. The van der Waals surface area contributed by atoms with Crippen LogP contribution in [0, 0.1) is 11.6 Å². The largest absolute Gasteiger partial charge is 0.314 e. The number of carbonyl (C=O) groups is 1. The maximum absolute atomic E-state index is 13.8. The molecule has 0 spiro atoms.